The summed E-state index contributed by atoms with van der Waals surface area (Å²) >= 11 is 0. The van der Waals surface area contributed by atoms with Gasteiger partial charge in [0, 0.05) is 44.2 Å². The van der Waals surface area contributed by atoms with Crippen molar-refractivity contribution in [1.29, 1.82) is 0 Å². The van der Waals surface area contributed by atoms with E-state index < -0.39 is 5.60 Å². The van der Waals surface area contributed by atoms with Crippen LogP contribution in [0.4, 0.5) is 5.95 Å². The minimum Gasteiger partial charge on any atom is -0.377 e. The molecule has 2 aromatic heterocycles. The first-order chi connectivity index (χ1) is 15.2. The molecule has 2 aliphatic heterocycles. The number of carbonyl (C=O) groups excluding carboxylic acids is 1. The number of carbonyl (C=O) groups is 1. The Labute approximate surface area is 178 Å². The fourth-order valence-electron chi connectivity index (χ4n) is 4.30. The normalized spacial score (nSPS) is 20.8. The zero-order valence-corrected chi connectivity index (χ0v) is 17.4. The van der Waals surface area contributed by atoms with Gasteiger partial charge in [-0.3, -0.25) is 9.48 Å². The Balaban J connectivity index is 1.17. The van der Waals surface area contributed by atoms with E-state index in [-0.39, 0.29) is 11.9 Å². The first-order valence-corrected chi connectivity index (χ1v) is 10.7. The minimum atomic E-state index is -0.571. The summed E-state index contributed by atoms with van der Waals surface area (Å²) in [5.74, 6) is 1.13. The Morgan fingerprint density at radius 1 is 1.19 bits per heavy atom. The van der Waals surface area contributed by atoms with Crippen LogP contribution in [0.15, 0.2) is 28.9 Å². The molecule has 6 rings (SSSR count). The van der Waals surface area contributed by atoms with Gasteiger partial charge in [-0.25, -0.2) is 0 Å². The predicted molar refractivity (Wildman–Crippen MR) is 111 cm³/mol. The first-order valence-electron chi connectivity index (χ1n) is 10.7. The summed E-state index contributed by atoms with van der Waals surface area (Å²) in [6.45, 7) is 3.96. The molecule has 162 valence electrons. The van der Waals surface area contributed by atoms with Gasteiger partial charge >= 0.3 is 0 Å². The third-order valence-electron chi connectivity index (χ3n) is 6.56. The Bertz CT molecular complexity index is 1120. The van der Waals surface area contributed by atoms with Crippen molar-refractivity contribution in [2.75, 3.05) is 51.4 Å². The van der Waals surface area contributed by atoms with Crippen molar-refractivity contribution in [2.24, 2.45) is 0 Å². The minimum absolute atomic E-state index is 0.102. The number of aromatic nitrogens is 4. The van der Waals surface area contributed by atoms with E-state index in [1.807, 2.05) is 34.0 Å². The molecule has 3 fully saturated rings. The van der Waals surface area contributed by atoms with Gasteiger partial charge in [0.25, 0.3) is 17.7 Å². The van der Waals surface area contributed by atoms with E-state index in [1.165, 1.54) is 0 Å². The van der Waals surface area contributed by atoms with Crippen LogP contribution in [-0.4, -0.2) is 82.8 Å². The Kier molecular flexibility index (Phi) is 4.25. The molecule has 0 spiro atoms. The van der Waals surface area contributed by atoms with E-state index in [0.717, 1.165) is 29.3 Å². The quantitative estimate of drug-likeness (QED) is 0.608. The molecule has 1 aliphatic carbocycles. The standard InChI is InChI=1S/C21H24N6O4/c1-29-21(4-5-21)19(28)25-6-8-26(9-7-25)20-23-18(31-24-20)14-2-3-15-11-22-27(17(15)10-14)16-12-30-13-16/h2-3,10-11,16H,4-9,12-13H2,1H3. The van der Waals surface area contributed by atoms with Gasteiger partial charge in [0.05, 0.1) is 31.0 Å². The number of benzene rings is 1. The topological polar surface area (TPSA) is 98.8 Å². The highest BCUT2D eigenvalue weighted by Crippen LogP contribution is 2.40. The number of amides is 1. The lowest BCUT2D eigenvalue weighted by molar-refractivity contribution is -0.144. The molecule has 0 unspecified atom stereocenters. The van der Waals surface area contributed by atoms with Crippen molar-refractivity contribution in [3.05, 3.63) is 24.4 Å². The van der Waals surface area contributed by atoms with Crippen LogP contribution >= 0.6 is 0 Å². The number of ether oxygens (including phenoxy) is 2. The van der Waals surface area contributed by atoms with Gasteiger partial charge in [-0.1, -0.05) is 6.07 Å². The van der Waals surface area contributed by atoms with Crippen molar-refractivity contribution in [3.63, 3.8) is 0 Å². The van der Waals surface area contributed by atoms with Gasteiger partial charge in [-0.05, 0) is 30.1 Å². The molecule has 10 nitrogen and oxygen atoms in total. The zero-order valence-electron chi connectivity index (χ0n) is 17.4. The second kappa shape index (κ2) is 7.03. The largest absolute Gasteiger partial charge is 0.377 e. The number of methoxy groups -OCH3 is 1. The number of fused-ring (bicyclic) bond motifs is 1. The highest BCUT2D eigenvalue weighted by molar-refractivity contribution is 5.88. The van der Waals surface area contributed by atoms with Crippen LogP contribution in [-0.2, 0) is 14.3 Å². The third-order valence-corrected chi connectivity index (χ3v) is 6.56. The zero-order chi connectivity index (χ0) is 21.0. The molecule has 0 radical (unpaired) electrons. The van der Waals surface area contributed by atoms with Crippen LogP contribution in [0.1, 0.15) is 18.9 Å². The lowest BCUT2D eigenvalue weighted by atomic mass is 10.1. The van der Waals surface area contributed by atoms with E-state index in [9.17, 15) is 4.79 Å². The predicted octanol–water partition coefficient (Wildman–Crippen LogP) is 1.49. The lowest BCUT2D eigenvalue weighted by Gasteiger charge is -2.35. The molecular weight excluding hydrogens is 400 g/mol. The molecule has 0 atom stereocenters. The maximum absolute atomic E-state index is 12.6. The van der Waals surface area contributed by atoms with E-state index in [0.29, 0.717) is 51.2 Å². The van der Waals surface area contributed by atoms with E-state index in [1.54, 1.807) is 7.11 Å². The molecular formula is C21H24N6O4. The van der Waals surface area contributed by atoms with Crippen LogP contribution in [0, 0.1) is 0 Å². The first kappa shape index (κ1) is 18.8. The molecule has 0 N–H and O–H groups in total. The fraction of sp³-hybridized carbons (Fsp3) is 0.524. The molecule has 3 aliphatic rings. The number of anilines is 1. The molecule has 10 heteroatoms. The van der Waals surface area contributed by atoms with Gasteiger partial charge in [-0.2, -0.15) is 10.1 Å². The summed E-state index contributed by atoms with van der Waals surface area (Å²) in [6, 6.07) is 6.30. The highest BCUT2D eigenvalue weighted by Gasteiger charge is 2.52. The highest BCUT2D eigenvalue weighted by atomic mass is 16.5. The van der Waals surface area contributed by atoms with Crippen LogP contribution < -0.4 is 4.90 Å². The molecule has 31 heavy (non-hydrogen) atoms. The van der Waals surface area contributed by atoms with Crippen LogP contribution in [0.5, 0.6) is 0 Å². The smallest absolute Gasteiger partial charge is 0.266 e. The summed E-state index contributed by atoms with van der Waals surface area (Å²) in [5, 5.41) is 9.76. The summed E-state index contributed by atoms with van der Waals surface area (Å²) in [6.07, 6.45) is 3.49. The van der Waals surface area contributed by atoms with Gasteiger partial charge in [0.15, 0.2) is 0 Å². The summed E-state index contributed by atoms with van der Waals surface area (Å²) in [4.78, 5) is 21.2. The van der Waals surface area contributed by atoms with Crippen LogP contribution in [0.2, 0.25) is 0 Å². The molecule has 3 aromatic rings. The average molecular weight is 424 g/mol. The lowest BCUT2D eigenvalue weighted by Crippen LogP contribution is -2.52. The molecule has 4 heterocycles. The molecule has 1 aromatic carbocycles. The number of nitrogens with zero attached hydrogens (tertiary/aromatic N) is 6. The van der Waals surface area contributed by atoms with E-state index in [2.05, 4.69) is 20.1 Å². The van der Waals surface area contributed by atoms with Crippen molar-refractivity contribution in [3.8, 4) is 11.5 Å². The molecule has 1 amide bonds. The third kappa shape index (κ3) is 3.09. The van der Waals surface area contributed by atoms with E-state index in [4.69, 9.17) is 14.0 Å². The van der Waals surface area contributed by atoms with Gasteiger partial charge in [-0.15, -0.1) is 0 Å². The van der Waals surface area contributed by atoms with E-state index >= 15 is 0 Å². The SMILES string of the molecule is COC1(C(=O)N2CCN(c3noc(-c4ccc5cnn(C6COC6)c5c4)n3)CC2)CC1. The van der Waals surface area contributed by atoms with Gasteiger partial charge < -0.3 is 23.8 Å². The fourth-order valence-corrected chi connectivity index (χ4v) is 4.30. The number of hydrogen-bond donors (Lipinski definition) is 0. The van der Waals surface area contributed by atoms with Crippen LogP contribution in [0.25, 0.3) is 22.4 Å². The number of piperazine rings is 1. The summed E-state index contributed by atoms with van der Waals surface area (Å²) in [5.41, 5.74) is 1.32. The van der Waals surface area contributed by atoms with Crippen molar-refractivity contribution in [1.82, 2.24) is 24.8 Å². The summed E-state index contributed by atoms with van der Waals surface area (Å²) in [7, 11) is 1.62. The maximum Gasteiger partial charge on any atom is 0.266 e. The van der Waals surface area contributed by atoms with Crippen molar-refractivity contribution < 1.29 is 18.8 Å². The second-order valence-electron chi connectivity index (χ2n) is 8.43. The summed E-state index contributed by atoms with van der Waals surface area (Å²) < 4.78 is 18.3. The molecule has 2 saturated heterocycles. The van der Waals surface area contributed by atoms with Crippen molar-refractivity contribution in [2.45, 2.75) is 24.5 Å². The average Bonchev–Trinajstić information content (AvgIpc) is 3.23. The van der Waals surface area contributed by atoms with Crippen LogP contribution in [0.3, 0.4) is 0 Å². The van der Waals surface area contributed by atoms with Gasteiger partial charge in [0.1, 0.15) is 5.60 Å². The van der Waals surface area contributed by atoms with Crippen molar-refractivity contribution >= 4 is 22.8 Å². The second-order valence-corrected chi connectivity index (χ2v) is 8.43. The maximum atomic E-state index is 12.6. The molecule has 0 bridgehead atoms. The monoisotopic (exact) mass is 424 g/mol. The number of hydrogen-bond acceptors (Lipinski definition) is 8. The van der Waals surface area contributed by atoms with Gasteiger partial charge in [0.2, 0.25) is 0 Å². The Hall–Kier alpha value is -2.98. The molecule has 1 saturated carbocycles. The Morgan fingerprint density at radius 2 is 2.00 bits per heavy atom. The number of rotatable bonds is 5. The Morgan fingerprint density at radius 3 is 2.68 bits per heavy atom.